The van der Waals surface area contributed by atoms with E-state index in [2.05, 4.69) is 5.32 Å². The lowest BCUT2D eigenvalue weighted by molar-refractivity contribution is -0.118. The third kappa shape index (κ3) is 3.42. The van der Waals surface area contributed by atoms with Gasteiger partial charge in [0.25, 0.3) is 0 Å². The second kappa shape index (κ2) is 6.50. The average molecular weight is 332 g/mol. The lowest BCUT2D eigenvalue weighted by Gasteiger charge is -2.21. The Morgan fingerprint density at radius 3 is 2.48 bits per heavy atom. The summed E-state index contributed by atoms with van der Waals surface area (Å²) in [5.41, 5.74) is 1.64. The van der Waals surface area contributed by atoms with Gasteiger partial charge in [-0.1, -0.05) is 37.6 Å². The molecule has 2 aromatic carbocycles. The van der Waals surface area contributed by atoms with Gasteiger partial charge in [0.1, 0.15) is 0 Å². The molecule has 0 bridgehead atoms. The number of ether oxygens (including phenoxy) is 2. The molecular weight excluding hydrogens is 314 g/mol. The molecule has 0 radical (unpaired) electrons. The van der Waals surface area contributed by atoms with Gasteiger partial charge < -0.3 is 14.8 Å². The van der Waals surface area contributed by atoms with E-state index < -0.39 is 0 Å². The quantitative estimate of drug-likeness (QED) is 0.900. The number of rotatable bonds is 4. The van der Waals surface area contributed by atoms with E-state index in [-0.39, 0.29) is 24.5 Å². The highest BCUT2D eigenvalue weighted by Gasteiger charge is 2.25. The van der Waals surface area contributed by atoms with Crippen molar-refractivity contribution in [3.63, 3.8) is 0 Å². The number of benzene rings is 2. The van der Waals surface area contributed by atoms with Crippen molar-refractivity contribution in [3.8, 4) is 11.5 Å². The van der Waals surface area contributed by atoms with Crippen LogP contribution in [0.25, 0.3) is 0 Å². The molecule has 23 heavy (non-hydrogen) atoms. The number of anilines is 1. The van der Waals surface area contributed by atoms with E-state index in [9.17, 15) is 4.79 Å². The summed E-state index contributed by atoms with van der Waals surface area (Å²) >= 11 is 5.93. The number of halogens is 1. The molecular formula is C18H18ClNO3. The van der Waals surface area contributed by atoms with E-state index in [1.165, 1.54) is 0 Å². The topological polar surface area (TPSA) is 47.6 Å². The number of carbonyl (C=O) groups is 1. The molecule has 3 rings (SSSR count). The molecule has 1 aliphatic rings. The average Bonchev–Trinajstić information content (AvgIpc) is 2.96. The van der Waals surface area contributed by atoms with Crippen LogP contribution in [0.4, 0.5) is 5.69 Å². The summed E-state index contributed by atoms with van der Waals surface area (Å²) in [5.74, 6) is 1.19. The summed E-state index contributed by atoms with van der Waals surface area (Å²) < 4.78 is 10.6. The first-order valence-electron chi connectivity index (χ1n) is 7.50. The molecule has 1 atom stereocenters. The number of hydrogen-bond acceptors (Lipinski definition) is 3. The van der Waals surface area contributed by atoms with Crippen LogP contribution < -0.4 is 14.8 Å². The summed E-state index contributed by atoms with van der Waals surface area (Å²) in [6.45, 7) is 4.27. The van der Waals surface area contributed by atoms with E-state index in [4.69, 9.17) is 21.1 Å². The number of fused-ring (bicyclic) bond motifs is 1. The monoisotopic (exact) mass is 331 g/mol. The maximum atomic E-state index is 12.7. The van der Waals surface area contributed by atoms with Crippen molar-refractivity contribution in [1.29, 1.82) is 0 Å². The van der Waals surface area contributed by atoms with Crippen LogP contribution in [0.3, 0.4) is 0 Å². The van der Waals surface area contributed by atoms with Gasteiger partial charge in [0.05, 0.1) is 5.92 Å². The van der Waals surface area contributed by atoms with Gasteiger partial charge >= 0.3 is 0 Å². The van der Waals surface area contributed by atoms with E-state index in [0.717, 1.165) is 5.56 Å². The van der Waals surface area contributed by atoms with Crippen LogP contribution in [-0.4, -0.2) is 12.7 Å². The van der Waals surface area contributed by atoms with Crippen molar-refractivity contribution < 1.29 is 14.3 Å². The molecule has 0 spiro atoms. The highest BCUT2D eigenvalue weighted by molar-refractivity contribution is 6.30. The van der Waals surface area contributed by atoms with Crippen molar-refractivity contribution in [2.45, 2.75) is 19.8 Å². The predicted octanol–water partition coefficient (Wildman–Crippen LogP) is 4.45. The van der Waals surface area contributed by atoms with Crippen LogP contribution in [-0.2, 0) is 4.79 Å². The first-order valence-corrected chi connectivity index (χ1v) is 7.88. The fourth-order valence-electron chi connectivity index (χ4n) is 2.70. The number of carbonyl (C=O) groups excluding carboxylic acids is 1. The largest absolute Gasteiger partial charge is 0.454 e. The van der Waals surface area contributed by atoms with Gasteiger partial charge in [0, 0.05) is 16.8 Å². The van der Waals surface area contributed by atoms with Crippen LogP contribution in [0.15, 0.2) is 42.5 Å². The molecule has 1 aliphatic heterocycles. The Labute approximate surface area is 140 Å². The van der Waals surface area contributed by atoms with Crippen molar-refractivity contribution >= 4 is 23.2 Å². The van der Waals surface area contributed by atoms with Crippen molar-refractivity contribution in [3.05, 3.63) is 53.1 Å². The third-order valence-corrected chi connectivity index (χ3v) is 4.07. The van der Waals surface area contributed by atoms with Gasteiger partial charge in [-0.25, -0.2) is 0 Å². The van der Waals surface area contributed by atoms with Crippen LogP contribution in [0, 0.1) is 5.92 Å². The number of nitrogens with one attached hydrogen (secondary N) is 1. The second-order valence-electron chi connectivity index (χ2n) is 5.83. The van der Waals surface area contributed by atoms with Crippen molar-refractivity contribution in [1.82, 2.24) is 0 Å². The van der Waals surface area contributed by atoms with Gasteiger partial charge in [-0.05, 0) is 35.7 Å². The third-order valence-electron chi connectivity index (χ3n) is 3.82. The molecule has 120 valence electrons. The van der Waals surface area contributed by atoms with Crippen LogP contribution in [0.2, 0.25) is 5.02 Å². The molecule has 0 unspecified atom stereocenters. The van der Waals surface area contributed by atoms with E-state index in [0.29, 0.717) is 22.2 Å². The molecule has 1 amide bonds. The minimum atomic E-state index is -0.252. The van der Waals surface area contributed by atoms with Crippen LogP contribution >= 0.6 is 11.6 Å². The summed E-state index contributed by atoms with van der Waals surface area (Å²) in [5, 5.41) is 3.62. The lowest BCUT2D eigenvalue weighted by atomic mass is 9.87. The Bertz CT molecular complexity index is 713. The molecule has 1 heterocycles. The van der Waals surface area contributed by atoms with Gasteiger partial charge in [-0.15, -0.1) is 0 Å². The molecule has 0 aromatic heterocycles. The highest BCUT2D eigenvalue weighted by atomic mass is 35.5. The summed E-state index contributed by atoms with van der Waals surface area (Å²) in [6.07, 6.45) is 0. The van der Waals surface area contributed by atoms with E-state index >= 15 is 0 Å². The molecule has 0 saturated heterocycles. The summed E-state index contributed by atoms with van der Waals surface area (Å²) in [4.78, 5) is 12.7. The first kappa shape index (κ1) is 15.7. The maximum Gasteiger partial charge on any atom is 0.232 e. The first-order chi connectivity index (χ1) is 11.0. The van der Waals surface area contributed by atoms with Crippen LogP contribution in [0.1, 0.15) is 25.3 Å². The molecule has 5 heteroatoms. The molecule has 0 saturated carbocycles. The zero-order chi connectivity index (χ0) is 16.4. The molecule has 2 aromatic rings. The zero-order valence-corrected chi connectivity index (χ0v) is 13.8. The Kier molecular flexibility index (Phi) is 4.44. The van der Waals surface area contributed by atoms with Gasteiger partial charge in [0.2, 0.25) is 12.7 Å². The van der Waals surface area contributed by atoms with Crippen LogP contribution in [0.5, 0.6) is 11.5 Å². The predicted molar refractivity (Wildman–Crippen MR) is 90.2 cm³/mol. The minimum Gasteiger partial charge on any atom is -0.454 e. The maximum absolute atomic E-state index is 12.7. The molecule has 0 fully saturated rings. The Hall–Kier alpha value is -2.20. The Balaban J connectivity index is 1.80. The fourth-order valence-corrected chi connectivity index (χ4v) is 2.83. The number of hydrogen-bond donors (Lipinski definition) is 1. The minimum absolute atomic E-state index is 0.0545. The summed E-state index contributed by atoms with van der Waals surface area (Å²) in [6, 6.07) is 12.8. The van der Waals surface area contributed by atoms with Gasteiger partial charge in [0.15, 0.2) is 11.5 Å². The second-order valence-corrected chi connectivity index (χ2v) is 6.27. The highest BCUT2D eigenvalue weighted by Crippen LogP contribution is 2.35. The Morgan fingerprint density at radius 2 is 1.78 bits per heavy atom. The van der Waals surface area contributed by atoms with Gasteiger partial charge in [-0.2, -0.15) is 0 Å². The van der Waals surface area contributed by atoms with Gasteiger partial charge in [-0.3, -0.25) is 4.79 Å². The van der Waals surface area contributed by atoms with E-state index in [1.54, 1.807) is 24.3 Å². The fraction of sp³-hybridized carbons (Fsp3) is 0.278. The van der Waals surface area contributed by atoms with Crippen molar-refractivity contribution in [2.24, 2.45) is 5.92 Å². The normalized spacial score (nSPS) is 13.9. The summed E-state index contributed by atoms with van der Waals surface area (Å²) in [7, 11) is 0. The van der Waals surface area contributed by atoms with Crippen molar-refractivity contribution in [2.75, 3.05) is 12.1 Å². The molecule has 4 nitrogen and oxygen atoms in total. The zero-order valence-electron chi connectivity index (χ0n) is 13.0. The lowest BCUT2D eigenvalue weighted by Crippen LogP contribution is -2.25. The molecule has 1 N–H and O–H groups in total. The Morgan fingerprint density at radius 1 is 1.09 bits per heavy atom. The molecule has 0 aliphatic carbocycles. The SMILES string of the molecule is CC(C)[C@H](C(=O)Nc1ccc2c(c1)OCO2)c1ccc(Cl)cc1. The standard InChI is InChI=1S/C18H18ClNO3/c1-11(2)17(12-3-5-13(19)6-4-12)18(21)20-14-7-8-15-16(9-14)23-10-22-15/h3-9,11,17H,10H2,1-2H3,(H,20,21)/t17-/m0/s1. The number of amides is 1. The smallest absolute Gasteiger partial charge is 0.232 e. The van der Waals surface area contributed by atoms with E-state index in [1.807, 2.05) is 32.0 Å².